The first-order valence-electron chi connectivity index (χ1n) is 4.36. The van der Waals surface area contributed by atoms with Gasteiger partial charge < -0.3 is 0 Å². The first-order chi connectivity index (χ1) is 6.97. The quantitative estimate of drug-likeness (QED) is 0.570. The highest BCUT2D eigenvalue weighted by Gasteiger charge is 2.16. The molecule has 0 heterocycles. The Balaban J connectivity index is 3.42. The fourth-order valence-electron chi connectivity index (χ4n) is 1.42. The van der Waals surface area contributed by atoms with E-state index in [0.29, 0.717) is 17.4 Å². The van der Waals surface area contributed by atoms with Gasteiger partial charge in [-0.05, 0) is 31.5 Å². The molecule has 0 aliphatic rings. The first-order valence-corrected chi connectivity index (χ1v) is 4.36. The molecule has 1 aromatic rings. The van der Waals surface area contributed by atoms with Crippen molar-refractivity contribution in [2.75, 3.05) is 0 Å². The molecule has 0 radical (unpaired) electrons. The van der Waals surface area contributed by atoms with Crippen LogP contribution in [0.15, 0.2) is 12.1 Å². The third-order valence-electron chi connectivity index (χ3n) is 2.17. The van der Waals surface area contributed by atoms with Gasteiger partial charge in [0.25, 0.3) is 6.43 Å². The standard InChI is InChI=1S/C11H10F2O2/c1-6-3-10(11(12)13)8(5-14)4-9(6)7(2)15/h3-5,11H,1-2H3. The van der Waals surface area contributed by atoms with E-state index in [1.807, 2.05) is 0 Å². The van der Waals surface area contributed by atoms with Crippen molar-refractivity contribution in [2.45, 2.75) is 20.3 Å². The lowest BCUT2D eigenvalue weighted by molar-refractivity contribution is 0.101. The van der Waals surface area contributed by atoms with Crippen LogP contribution < -0.4 is 0 Å². The van der Waals surface area contributed by atoms with Crippen LogP contribution in [0.2, 0.25) is 0 Å². The van der Waals surface area contributed by atoms with Crippen LogP contribution in [0.1, 0.15) is 45.2 Å². The van der Waals surface area contributed by atoms with E-state index in [1.165, 1.54) is 19.1 Å². The Morgan fingerprint density at radius 3 is 2.40 bits per heavy atom. The molecule has 0 atom stereocenters. The molecule has 0 aromatic heterocycles. The molecule has 2 nitrogen and oxygen atoms in total. The number of hydrogen-bond acceptors (Lipinski definition) is 2. The Labute approximate surface area is 85.9 Å². The van der Waals surface area contributed by atoms with Gasteiger partial charge in [0, 0.05) is 16.7 Å². The maximum atomic E-state index is 12.5. The van der Waals surface area contributed by atoms with Crippen LogP contribution in [-0.4, -0.2) is 12.1 Å². The monoisotopic (exact) mass is 212 g/mol. The van der Waals surface area contributed by atoms with Crippen molar-refractivity contribution in [1.29, 1.82) is 0 Å². The molecule has 0 saturated heterocycles. The summed E-state index contributed by atoms with van der Waals surface area (Å²) in [6.45, 7) is 2.90. The summed E-state index contributed by atoms with van der Waals surface area (Å²) in [7, 11) is 0. The Morgan fingerprint density at radius 2 is 2.00 bits per heavy atom. The first kappa shape index (κ1) is 11.5. The van der Waals surface area contributed by atoms with Crippen LogP contribution in [0.3, 0.4) is 0 Å². The Morgan fingerprint density at radius 1 is 1.40 bits per heavy atom. The zero-order valence-corrected chi connectivity index (χ0v) is 8.38. The van der Waals surface area contributed by atoms with Crippen LogP contribution >= 0.6 is 0 Å². The lowest BCUT2D eigenvalue weighted by atomic mass is 9.98. The second-order valence-electron chi connectivity index (χ2n) is 3.27. The van der Waals surface area contributed by atoms with Gasteiger partial charge in [-0.25, -0.2) is 8.78 Å². The number of alkyl halides is 2. The Hall–Kier alpha value is -1.58. The topological polar surface area (TPSA) is 34.1 Å². The van der Waals surface area contributed by atoms with Gasteiger partial charge in [-0.15, -0.1) is 0 Å². The number of rotatable bonds is 3. The molecule has 15 heavy (non-hydrogen) atoms. The van der Waals surface area contributed by atoms with Crippen molar-refractivity contribution >= 4 is 12.1 Å². The van der Waals surface area contributed by atoms with E-state index in [-0.39, 0.29) is 16.9 Å². The summed E-state index contributed by atoms with van der Waals surface area (Å²) in [6, 6.07) is 2.40. The molecule has 0 aliphatic carbocycles. The lowest BCUT2D eigenvalue weighted by Crippen LogP contribution is -2.02. The SMILES string of the molecule is CC(=O)c1cc(C=O)c(C(F)F)cc1C. The number of hydrogen-bond donors (Lipinski definition) is 0. The van der Waals surface area contributed by atoms with E-state index in [2.05, 4.69) is 0 Å². The molecule has 0 saturated carbocycles. The van der Waals surface area contributed by atoms with E-state index < -0.39 is 6.43 Å². The van der Waals surface area contributed by atoms with Crippen molar-refractivity contribution < 1.29 is 18.4 Å². The molecule has 0 spiro atoms. The highest BCUT2D eigenvalue weighted by molar-refractivity contribution is 5.97. The summed E-state index contributed by atoms with van der Waals surface area (Å²) in [5.41, 5.74) is 0.318. The lowest BCUT2D eigenvalue weighted by Gasteiger charge is -2.08. The second kappa shape index (κ2) is 4.29. The van der Waals surface area contributed by atoms with Crippen LogP contribution in [0.4, 0.5) is 8.78 Å². The number of aryl methyl sites for hydroxylation is 1. The zero-order valence-electron chi connectivity index (χ0n) is 8.38. The van der Waals surface area contributed by atoms with Gasteiger partial charge in [-0.3, -0.25) is 9.59 Å². The molecule has 4 heteroatoms. The third-order valence-corrected chi connectivity index (χ3v) is 2.17. The maximum Gasteiger partial charge on any atom is 0.264 e. The summed E-state index contributed by atoms with van der Waals surface area (Å²) in [5, 5.41) is 0. The number of ketones is 1. The molecule has 0 amide bonds. The number of carbonyl (C=O) groups excluding carboxylic acids is 2. The van der Waals surface area contributed by atoms with Crippen LogP contribution in [0.25, 0.3) is 0 Å². The van der Waals surface area contributed by atoms with Crippen molar-refractivity contribution in [3.8, 4) is 0 Å². The fourth-order valence-corrected chi connectivity index (χ4v) is 1.42. The van der Waals surface area contributed by atoms with Gasteiger partial charge in [0.05, 0.1) is 0 Å². The molecule has 0 unspecified atom stereocenters. The molecular weight excluding hydrogens is 202 g/mol. The largest absolute Gasteiger partial charge is 0.298 e. The van der Waals surface area contributed by atoms with E-state index >= 15 is 0 Å². The number of carbonyl (C=O) groups is 2. The average molecular weight is 212 g/mol. The highest BCUT2D eigenvalue weighted by Crippen LogP contribution is 2.25. The number of halogens is 2. The second-order valence-corrected chi connectivity index (χ2v) is 3.27. The predicted octanol–water partition coefficient (Wildman–Crippen LogP) is 2.95. The van der Waals surface area contributed by atoms with E-state index in [0.717, 1.165) is 0 Å². The third kappa shape index (κ3) is 2.26. The predicted molar refractivity (Wildman–Crippen MR) is 51.5 cm³/mol. The van der Waals surface area contributed by atoms with Crippen molar-refractivity contribution in [1.82, 2.24) is 0 Å². The smallest absolute Gasteiger partial charge is 0.264 e. The van der Waals surface area contributed by atoms with Gasteiger partial charge in [0.15, 0.2) is 12.1 Å². The van der Waals surface area contributed by atoms with Crippen molar-refractivity contribution in [2.24, 2.45) is 0 Å². The van der Waals surface area contributed by atoms with Gasteiger partial charge in [-0.1, -0.05) is 0 Å². The highest BCUT2D eigenvalue weighted by atomic mass is 19.3. The minimum atomic E-state index is -2.70. The minimum Gasteiger partial charge on any atom is -0.298 e. The van der Waals surface area contributed by atoms with Gasteiger partial charge in [-0.2, -0.15) is 0 Å². The van der Waals surface area contributed by atoms with Crippen LogP contribution in [0, 0.1) is 6.92 Å². The van der Waals surface area contributed by atoms with Gasteiger partial charge in [0.2, 0.25) is 0 Å². The van der Waals surface area contributed by atoms with E-state index in [1.54, 1.807) is 6.92 Å². The summed E-state index contributed by atoms with van der Waals surface area (Å²) >= 11 is 0. The summed E-state index contributed by atoms with van der Waals surface area (Å²) in [5.74, 6) is -0.239. The molecule has 0 fully saturated rings. The number of Topliss-reactive ketones (excluding diaryl/α,β-unsaturated/α-hetero) is 1. The molecular formula is C11H10F2O2. The number of benzene rings is 1. The van der Waals surface area contributed by atoms with Gasteiger partial charge >= 0.3 is 0 Å². The van der Waals surface area contributed by atoms with E-state index in [4.69, 9.17) is 0 Å². The molecule has 1 rings (SSSR count). The molecule has 0 aliphatic heterocycles. The van der Waals surface area contributed by atoms with E-state index in [9.17, 15) is 18.4 Å². The Kier molecular flexibility index (Phi) is 3.29. The van der Waals surface area contributed by atoms with Crippen molar-refractivity contribution in [3.63, 3.8) is 0 Å². The van der Waals surface area contributed by atoms with Crippen molar-refractivity contribution in [3.05, 3.63) is 34.4 Å². The average Bonchev–Trinajstić information content (AvgIpc) is 2.16. The summed E-state index contributed by atoms with van der Waals surface area (Å²) in [6.07, 6.45) is -2.36. The van der Waals surface area contributed by atoms with Crippen LogP contribution in [-0.2, 0) is 0 Å². The maximum absolute atomic E-state index is 12.5. The summed E-state index contributed by atoms with van der Waals surface area (Å²) < 4.78 is 25.0. The summed E-state index contributed by atoms with van der Waals surface area (Å²) in [4.78, 5) is 21.7. The zero-order chi connectivity index (χ0) is 11.6. The molecule has 0 bridgehead atoms. The Bertz CT molecular complexity index is 411. The minimum absolute atomic E-state index is 0.124. The molecule has 1 aromatic carbocycles. The fraction of sp³-hybridized carbons (Fsp3) is 0.273. The van der Waals surface area contributed by atoms with Crippen LogP contribution in [0.5, 0.6) is 0 Å². The van der Waals surface area contributed by atoms with Gasteiger partial charge in [0.1, 0.15) is 0 Å². The molecule has 80 valence electrons. The molecule has 0 N–H and O–H groups in total. The normalized spacial score (nSPS) is 10.5. The number of aldehydes is 1.